The van der Waals surface area contributed by atoms with Crippen LogP contribution < -0.4 is 10.5 Å². The molecule has 19 heavy (non-hydrogen) atoms. The van der Waals surface area contributed by atoms with Crippen LogP contribution in [-0.4, -0.2) is 19.0 Å². The maximum absolute atomic E-state index is 12.3. The van der Waals surface area contributed by atoms with Gasteiger partial charge in [0.2, 0.25) is 5.78 Å². The van der Waals surface area contributed by atoms with Crippen LogP contribution in [-0.2, 0) is 9.53 Å². The first-order valence-corrected chi connectivity index (χ1v) is 6.51. The van der Waals surface area contributed by atoms with Crippen LogP contribution in [0.3, 0.4) is 0 Å². The van der Waals surface area contributed by atoms with Gasteiger partial charge in [-0.2, -0.15) is 0 Å². The molecule has 0 aromatic heterocycles. The summed E-state index contributed by atoms with van der Waals surface area (Å²) in [6.45, 7) is 1.99. The van der Waals surface area contributed by atoms with Crippen molar-refractivity contribution >= 4 is 23.0 Å². The minimum atomic E-state index is -0.497. The molecule has 1 aliphatic rings. The number of ether oxygens (including phenoxy) is 2. The minimum absolute atomic E-state index is 0.111. The molecule has 1 aromatic rings. The van der Waals surface area contributed by atoms with Crippen molar-refractivity contribution in [2.24, 2.45) is 5.73 Å². The number of ketones is 1. The number of nitrogens with two attached hydrogens (primary N) is 1. The molecule has 0 spiro atoms. The van der Waals surface area contributed by atoms with E-state index in [1.165, 1.54) is 7.11 Å². The Balaban J connectivity index is 2.45. The van der Waals surface area contributed by atoms with Crippen molar-refractivity contribution in [2.45, 2.75) is 25.9 Å². The molecule has 0 fully saturated rings. The van der Waals surface area contributed by atoms with E-state index >= 15 is 0 Å². The van der Waals surface area contributed by atoms with Gasteiger partial charge >= 0.3 is 0 Å². The van der Waals surface area contributed by atoms with Crippen LogP contribution >= 0.6 is 11.6 Å². The van der Waals surface area contributed by atoms with Gasteiger partial charge in [-0.1, -0.05) is 37.1 Å². The predicted octanol–water partition coefficient (Wildman–Crippen LogP) is 2.74. The van der Waals surface area contributed by atoms with Gasteiger partial charge in [0.15, 0.2) is 12.0 Å². The largest absolute Gasteiger partial charge is 0.495 e. The molecule has 5 heteroatoms. The van der Waals surface area contributed by atoms with Crippen molar-refractivity contribution in [1.29, 1.82) is 0 Å². The number of methoxy groups -OCH3 is 1. The SMILES string of the molecule is CCCC1OC(N)=C(c2cccc(Cl)c2OC)C1=O. The monoisotopic (exact) mass is 281 g/mol. The second-order valence-corrected chi connectivity index (χ2v) is 4.73. The van der Waals surface area contributed by atoms with Crippen LogP contribution in [0.1, 0.15) is 25.3 Å². The molecule has 2 N–H and O–H groups in total. The fourth-order valence-electron chi connectivity index (χ4n) is 2.18. The highest BCUT2D eigenvalue weighted by molar-refractivity contribution is 6.33. The van der Waals surface area contributed by atoms with E-state index in [1.807, 2.05) is 6.92 Å². The Morgan fingerprint density at radius 3 is 2.84 bits per heavy atom. The topological polar surface area (TPSA) is 61.6 Å². The summed E-state index contributed by atoms with van der Waals surface area (Å²) >= 11 is 6.06. The van der Waals surface area contributed by atoms with Crippen molar-refractivity contribution in [3.05, 3.63) is 34.7 Å². The molecule has 0 amide bonds. The summed E-state index contributed by atoms with van der Waals surface area (Å²) in [5, 5.41) is 0.437. The molecule has 0 aliphatic carbocycles. The van der Waals surface area contributed by atoms with Crippen LogP contribution in [0.25, 0.3) is 5.57 Å². The zero-order valence-corrected chi connectivity index (χ0v) is 11.7. The van der Waals surface area contributed by atoms with Crippen molar-refractivity contribution in [3.8, 4) is 5.75 Å². The average molecular weight is 282 g/mol. The zero-order chi connectivity index (χ0) is 14.0. The van der Waals surface area contributed by atoms with Crippen molar-refractivity contribution in [3.63, 3.8) is 0 Å². The first-order valence-electron chi connectivity index (χ1n) is 6.13. The van der Waals surface area contributed by atoms with Crippen LogP contribution in [0.5, 0.6) is 5.75 Å². The Kier molecular flexibility index (Phi) is 4.00. The molecule has 1 aromatic carbocycles. The van der Waals surface area contributed by atoms with E-state index in [9.17, 15) is 4.79 Å². The molecule has 0 radical (unpaired) electrons. The molecule has 1 aliphatic heterocycles. The molecular formula is C14H16ClNO3. The maximum atomic E-state index is 12.3. The van der Waals surface area contributed by atoms with E-state index in [-0.39, 0.29) is 11.7 Å². The van der Waals surface area contributed by atoms with E-state index in [0.29, 0.717) is 28.3 Å². The molecule has 102 valence electrons. The van der Waals surface area contributed by atoms with Gasteiger partial charge in [-0.25, -0.2) is 0 Å². The van der Waals surface area contributed by atoms with Gasteiger partial charge in [0.1, 0.15) is 5.75 Å². The number of hydrogen-bond donors (Lipinski definition) is 1. The number of Topliss-reactive ketones (excluding diaryl/α,β-unsaturated/α-hetero) is 1. The third-order valence-corrected chi connectivity index (χ3v) is 3.34. The molecule has 0 saturated carbocycles. The number of para-hydroxylation sites is 1. The van der Waals surface area contributed by atoms with Gasteiger partial charge in [-0.05, 0) is 12.5 Å². The number of carbonyl (C=O) groups is 1. The number of carbonyl (C=O) groups excluding carboxylic acids is 1. The molecule has 1 heterocycles. The lowest BCUT2D eigenvalue weighted by atomic mass is 9.98. The third kappa shape index (κ3) is 2.40. The maximum Gasteiger partial charge on any atom is 0.209 e. The highest BCUT2D eigenvalue weighted by atomic mass is 35.5. The molecule has 4 nitrogen and oxygen atoms in total. The number of benzene rings is 1. The third-order valence-electron chi connectivity index (χ3n) is 3.05. The minimum Gasteiger partial charge on any atom is -0.495 e. The molecule has 0 bridgehead atoms. The summed E-state index contributed by atoms with van der Waals surface area (Å²) in [7, 11) is 1.51. The van der Waals surface area contributed by atoms with E-state index in [1.54, 1.807) is 18.2 Å². The first kappa shape index (κ1) is 13.7. The summed E-state index contributed by atoms with van der Waals surface area (Å²) in [5.74, 6) is 0.472. The van der Waals surface area contributed by atoms with Gasteiger partial charge in [0.25, 0.3) is 0 Å². The van der Waals surface area contributed by atoms with Gasteiger partial charge < -0.3 is 15.2 Å². The molecule has 0 saturated heterocycles. The lowest BCUT2D eigenvalue weighted by Crippen LogP contribution is -2.18. The fraction of sp³-hybridized carbons (Fsp3) is 0.357. The number of halogens is 1. The average Bonchev–Trinajstić information content (AvgIpc) is 2.65. The van der Waals surface area contributed by atoms with Crippen LogP contribution in [0.15, 0.2) is 24.1 Å². The Morgan fingerprint density at radius 2 is 2.21 bits per heavy atom. The van der Waals surface area contributed by atoms with E-state index < -0.39 is 6.10 Å². The highest BCUT2D eigenvalue weighted by Crippen LogP contribution is 2.38. The molecule has 1 atom stereocenters. The summed E-state index contributed by atoms with van der Waals surface area (Å²) in [4.78, 5) is 12.3. The van der Waals surface area contributed by atoms with E-state index in [0.717, 1.165) is 6.42 Å². The predicted molar refractivity (Wildman–Crippen MR) is 73.9 cm³/mol. The normalized spacial score (nSPS) is 18.7. The zero-order valence-electron chi connectivity index (χ0n) is 10.9. The lowest BCUT2D eigenvalue weighted by molar-refractivity contribution is -0.120. The summed E-state index contributed by atoms with van der Waals surface area (Å²) in [5.41, 5.74) is 6.77. The lowest BCUT2D eigenvalue weighted by Gasteiger charge is -2.10. The molecule has 1 unspecified atom stereocenters. The standard InChI is InChI=1S/C14H16ClNO3/c1-3-5-10-12(17)11(14(16)19-10)8-6-4-7-9(15)13(8)18-2/h4,6-7,10H,3,5,16H2,1-2H3. The fourth-order valence-corrected chi connectivity index (χ4v) is 2.43. The van der Waals surface area contributed by atoms with Crippen molar-refractivity contribution in [2.75, 3.05) is 7.11 Å². The van der Waals surface area contributed by atoms with Crippen molar-refractivity contribution < 1.29 is 14.3 Å². The molecule has 2 rings (SSSR count). The van der Waals surface area contributed by atoms with Crippen LogP contribution in [0.4, 0.5) is 0 Å². The Hall–Kier alpha value is -1.68. The summed E-state index contributed by atoms with van der Waals surface area (Å²) in [6.07, 6.45) is 0.999. The number of rotatable bonds is 4. The number of hydrogen-bond acceptors (Lipinski definition) is 4. The van der Waals surface area contributed by atoms with Gasteiger partial charge in [0, 0.05) is 5.56 Å². The van der Waals surface area contributed by atoms with Crippen LogP contribution in [0.2, 0.25) is 5.02 Å². The van der Waals surface area contributed by atoms with Crippen LogP contribution in [0, 0.1) is 0 Å². The van der Waals surface area contributed by atoms with Crippen molar-refractivity contribution in [1.82, 2.24) is 0 Å². The van der Waals surface area contributed by atoms with E-state index in [2.05, 4.69) is 0 Å². The second-order valence-electron chi connectivity index (χ2n) is 4.32. The molecular weight excluding hydrogens is 266 g/mol. The smallest absolute Gasteiger partial charge is 0.209 e. The Labute approximate surface area is 117 Å². The Bertz CT molecular complexity index is 539. The Morgan fingerprint density at radius 1 is 1.47 bits per heavy atom. The highest BCUT2D eigenvalue weighted by Gasteiger charge is 2.35. The quantitative estimate of drug-likeness (QED) is 0.922. The van der Waals surface area contributed by atoms with Gasteiger partial charge in [0.05, 0.1) is 17.7 Å². The van der Waals surface area contributed by atoms with Gasteiger partial charge in [-0.15, -0.1) is 0 Å². The van der Waals surface area contributed by atoms with Gasteiger partial charge in [-0.3, -0.25) is 4.79 Å². The second kappa shape index (κ2) is 5.53. The first-order chi connectivity index (χ1) is 9.10. The summed E-state index contributed by atoms with van der Waals surface area (Å²) < 4.78 is 10.7. The van der Waals surface area contributed by atoms with E-state index in [4.69, 9.17) is 26.8 Å². The summed E-state index contributed by atoms with van der Waals surface area (Å²) in [6, 6.07) is 5.20.